The molecular formula is C9H14F3N3O3. The summed E-state index contributed by atoms with van der Waals surface area (Å²) < 4.78 is 44.5. The van der Waals surface area contributed by atoms with Crippen LogP contribution in [-0.4, -0.2) is 40.2 Å². The molecule has 1 heterocycles. The minimum Gasteiger partial charge on any atom is -0.388 e. The van der Waals surface area contributed by atoms with Gasteiger partial charge in [0.05, 0.1) is 12.0 Å². The summed E-state index contributed by atoms with van der Waals surface area (Å²) in [6.45, 7) is -0.308. The van der Waals surface area contributed by atoms with E-state index in [1.807, 2.05) is 0 Å². The van der Waals surface area contributed by atoms with Gasteiger partial charge in [-0.15, -0.1) is 0 Å². The first-order valence-electron chi connectivity index (χ1n) is 5.10. The monoisotopic (exact) mass is 269 g/mol. The van der Waals surface area contributed by atoms with E-state index >= 15 is 0 Å². The molecule has 3 N–H and O–H groups in total. The summed E-state index contributed by atoms with van der Waals surface area (Å²) in [5.41, 5.74) is 4.10. The zero-order valence-electron chi connectivity index (χ0n) is 9.70. The molecule has 9 heteroatoms. The molecule has 0 aliphatic rings. The third-order valence-electron chi connectivity index (χ3n) is 1.98. The van der Waals surface area contributed by atoms with Gasteiger partial charge >= 0.3 is 6.18 Å². The highest BCUT2D eigenvalue weighted by Gasteiger charge is 2.28. The molecule has 1 rings (SSSR count). The van der Waals surface area contributed by atoms with Crippen LogP contribution in [0, 0.1) is 0 Å². The molecule has 0 amide bonds. The number of aliphatic hydroxyl groups is 1. The first-order valence-corrected chi connectivity index (χ1v) is 5.10. The molecule has 1 atom stereocenters. The van der Waals surface area contributed by atoms with Crippen molar-refractivity contribution in [2.75, 3.05) is 13.2 Å². The molecule has 6 nitrogen and oxygen atoms in total. The SMILES string of the molecule is CC(O)(CN)Cc1nc(COCC(F)(F)F)no1. The Bertz CT molecular complexity index is 379. The second-order valence-corrected chi connectivity index (χ2v) is 4.09. The van der Waals surface area contributed by atoms with E-state index in [-0.39, 0.29) is 24.7 Å². The fourth-order valence-electron chi connectivity index (χ4n) is 1.08. The Kier molecular flexibility index (Phi) is 4.65. The Morgan fingerprint density at radius 2 is 2.11 bits per heavy atom. The molecule has 1 aromatic heterocycles. The van der Waals surface area contributed by atoms with E-state index in [2.05, 4.69) is 14.9 Å². The molecule has 0 radical (unpaired) electrons. The van der Waals surface area contributed by atoms with Gasteiger partial charge in [-0.1, -0.05) is 5.16 Å². The molecule has 0 aliphatic heterocycles. The van der Waals surface area contributed by atoms with Crippen molar-refractivity contribution in [2.24, 2.45) is 5.73 Å². The fraction of sp³-hybridized carbons (Fsp3) is 0.778. The average Bonchev–Trinajstić information content (AvgIpc) is 2.63. The third kappa shape index (κ3) is 5.43. The van der Waals surface area contributed by atoms with Crippen molar-refractivity contribution < 1.29 is 27.5 Å². The normalized spacial score (nSPS) is 15.7. The lowest BCUT2D eigenvalue weighted by Gasteiger charge is -2.17. The Morgan fingerprint density at radius 1 is 1.44 bits per heavy atom. The summed E-state index contributed by atoms with van der Waals surface area (Å²) in [7, 11) is 0. The van der Waals surface area contributed by atoms with Gasteiger partial charge in [0.2, 0.25) is 5.89 Å². The molecule has 1 unspecified atom stereocenters. The standard InChI is InChI=1S/C9H14F3N3O3/c1-8(16,4-13)2-7-14-6(15-18-7)3-17-5-9(10,11)12/h16H,2-5,13H2,1H3. The molecule has 0 fully saturated rings. The summed E-state index contributed by atoms with van der Waals surface area (Å²) in [5.74, 6) is 0.0816. The first kappa shape index (κ1) is 14.9. The van der Waals surface area contributed by atoms with Crippen LogP contribution in [0.1, 0.15) is 18.6 Å². The zero-order chi connectivity index (χ0) is 13.8. The summed E-state index contributed by atoms with van der Waals surface area (Å²) in [6, 6.07) is 0. The van der Waals surface area contributed by atoms with Crippen molar-refractivity contribution >= 4 is 0 Å². The highest BCUT2D eigenvalue weighted by Crippen LogP contribution is 2.15. The average molecular weight is 269 g/mol. The van der Waals surface area contributed by atoms with Crippen LogP contribution < -0.4 is 5.73 Å². The lowest BCUT2D eigenvalue weighted by Crippen LogP contribution is -2.36. The number of hydrogen-bond acceptors (Lipinski definition) is 6. The molecule has 0 spiro atoms. The maximum atomic E-state index is 11.8. The van der Waals surface area contributed by atoms with Crippen LogP contribution in [0.5, 0.6) is 0 Å². The lowest BCUT2D eigenvalue weighted by molar-refractivity contribution is -0.177. The van der Waals surface area contributed by atoms with Crippen LogP contribution in [0.2, 0.25) is 0 Å². The predicted molar refractivity (Wildman–Crippen MR) is 53.4 cm³/mol. The molecule has 0 saturated carbocycles. The van der Waals surface area contributed by atoms with Crippen LogP contribution in [0.4, 0.5) is 13.2 Å². The van der Waals surface area contributed by atoms with Gasteiger partial charge in [-0.25, -0.2) is 0 Å². The first-order chi connectivity index (χ1) is 8.22. The van der Waals surface area contributed by atoms with Gasteiger partial charge in [-0.05, 0) is 6.92 Å². The quantitative estimate of drug-likeness (QED) is 0.776. The number of nitrogens with two attached hydrogens (primary N) is 1. The van der Waals surface area contributed by atoms with Crippen molar-refractivity contribution in [3.63, 3.8) is 0 Å². The Hall–Kier alpha value is -1.19. The van der Waals surface area contributed by atoms with Gasteiger partial charge < -0.3 is 20.1 Å². The van der Waals surface area contributed by atoms with E-state index < -0.39 is 25.0 Å². The molecular weight excluding hydrogens is 255 g/mol. The molecule has 104 valence electrons. The molecule has 18 heavy (non-hydrogen) atoms. The van der Waals surface area contributed by atoms with Crippen molar-refractivity contribution in [1.29, 1.82) is 0 Å². The van der Waals surface area contributed by atoms with Crippen molar-refractivity contribution in [3.8, 4) is 0 Å². The zero-order valence-corrected chi connectivity index (χ0v) is 9.70. The van der Waals surface area contributed by atoms with E-state index in [1.165, 1.54) is 6.92 Å². The number of aromatic nitrogens is 2. The van der Waals surface area contributed by atoms with Gasteiger partial charge in [0.1, 0.15) is 13.2 Å². The highest BCUT2D eigenvalue weighted by atomic mass is 19.4. The smallest absolute Gasteiger partial charge is 0.388 e. The number of hydrogen-bond donors (Lipinski definition) is 2. The van der Waals surface area contributed by atoms with Crippen LogP contribution in [0.3, 0.4) is 0 Å². The van der Waals surface area contributed by atoms with Crippen LogP contribution in [-0.2, 0) is 17.8 Å². The molecule has 0 aromatic carbocycles. The van der Waals surface area contributed by atoms with E-state index in [4.69, 9.17) is 10.3 Å². The molecule has 0 aliphatic carbocycles. The van der Waals surface area contributed by atoms with Crippen LogP contribution >= 0.6 is 0 Å². The largest absolute Gasteiger partial charge is 0.411 e. The molecule has 0 bridgehead atoms. The summed E-state index contributed by atoms with van der Waals surface area (Å²) in [6.07, 6.45) is -4.37. The highest BCUT2D eigenvalue weighted by molar-refractivity contribution is 4.91. The summed E-state index contributed by atoms with van der Waals surface area (Å²) in [4.78, 5) is 3.78. The maximum absolute atomic E-state index is 11.8. The number of nitrogens with zero attached hydrogens (tertiary/aromatic N) is 2. The van der Waals surface area contributed by atoms with Crippen LogP contribution in [0.15, 0.2) is 4.52 Å². The van der Waals surface area contributed by atoms with Crippen molar-refractivity contribution in [2.45, 2.75) is 31.7 Å². The van der Waals surface area contributed by atoms with Gasteiger partial charge in [0.25, 0.3) is 0 Å². The second kappa shape index (κ2) is 5.63. The Morgan fingerprint density at radius 3 is 2.67 bits per heavy atom. The summed E-state index contributed by atoms with van der Waals surface area (Å²) in [5, 5.41) is 13.1. The number of halogens is 3. The van der Waals surface area contributed by atoms with Gasteiger partial charge in [0, 0.05) is 6.54 Å². The Balaban J connectivity index is 2.44. The molecule has 0 saturated heterocycles. The maximum Gasteiger partial charge on any atom is 0.411 e. The van der Waals surface area contributed by atoms with Crippen molar-refractivity contribution in [1.82, 2.24) is 10.1 Å². The van der Waals surface area contributed by atoms with Gasteiger partial charge in [0.15, 0.2) is 5.82 Å². The third-order valence-corrected chi connectivity index (χ3v) is 1.98. The van der Waals surface area contributed by atoms with E-state index in [0.717, 1.165) is 0 Å². The van der Waals surface area contributed by atoms with Gasteiger partial charge in [-0.2, -0.15) is 18.2 Å². The Labute approximate surface area is 101 Å². The molecule has 1 aromatic rings. The van der Waals surface area contributed by atoms with Crippen molar-refractivity contribution in [3.05, 3.63) is 11.7 Å². The minimum absolute atomic E-state index is 0.00468. The predicted octanol–water partition coefficient (Wildman–Crippen LogP) is 0.401. The van der Waals surface area contributed by atoms with E-state index in [1.54, 1.807) is 0 Å². The van der Waals surface area contributed by atoms with E-state index in [0.29, 0.717) is 0 Å². The lowest BCUT2D eigenvalue weighted by atomic mass is 10.0. The summed E-state index contributed by atoms with van der Waals surface area (Å²) >= 11 is 0. The van der Waals surface area contributed by atoms with Crippen LogP contribution in [0.25, 0.3) is 0 Å². The topological polar surface area (TPSA) is 94.4 Å². The van der Waals surface area contributed by atoms with Gasteiger partial charge in [-0.3, -0.25) is 0 Å². The van der Waals surface area contributed by atoms with E-state index in [9.17, 15) is 18.3 Å². The number of rotatable bonds is 6. The second-order valence-electron chi connectivity index (χ2n) is 4.09. The number of alkyl halides is 3. The minimum atomic E-state index is -4.39. The fourth-order valence-corrected chi connectivity index (χ4v) is 1.08. The number of ether oxygens (including phenoxy) is 1.